The maximum Gasteiger partial charge on any atom is 0.255 e. The lowest BCUT2D eigenvalue weighted by molar-refractivity contribution is -0.114. The van der Waals surface area contributed by atoms with Crippen molar-refractivity contribution in [1.29, 1.82) is 0 Å². The van der Waals surface area contributed by atoms with Crippen LogP contribution in [0.25, 0.3) is 0 Å². The fourth-order valence-corrected chi connectivity index (χ4v) is 4.59. The van der Waals surface area contributed by atoms with Crippen molar-refractivity contribution in [1.82, 2.24) is 4.31 Å². The lowest BCUT2D eigenvalue weighted by Gasteiger charge is -2.20. The van der Waals surface area contributed by atoms with Crippen LogP contribution < -0.4 is 15.4 Å². The first kappa shape index (κ1) is 25.9. The maximum absolute atomic E-state index is 13.1. The van der Waals surface area contributed by atoms with Gasteiger partial charge in [0.05, 0.1) is 11.5 Å². The SMILES string of the molecule is CCOc1ccc(C(=O)Nc2cccc(NC(C)=O)c2)cc1CN(C)S(=O)(=O)c1ccc(C)cc1. The normalized spacial score (nSPS) is 11.2. The smallest absolute Gasteiger partial charge is 0.255 e. The van der Waals surface area contributed by atoms with Gasteiger partial charge in [0.2, 0.25) is 15.9 Å². The molecule has 3 aromatic rings. The fourth-order valence-electron chi connectivity index (χ4n) is 3.44. The number of rotatable bonds is 9. The lowest BCUT2D eigenvalue weighted by atomic mass is 10.1. The maximum atomic E-state index is 13.1. The van der Waals surface area contributed by atoms with E-state index in [1.54, 1.807) is 66.7 Å². The predicted octanol–water partition coefficient (Wildman–Crippen LogP) is 4.43. The Morgan fingerprint density at radius 2 is 1.60 bits per heavy atom. The summed E-state index contributed by atoms with van der Waals surface area (Å²) in [6.45, 7) is 5.54. The van der Waals surface area contributed by atoms with Gasteiger partial charge in [-0.25, -0.2) is 8.42 Å². The van der Waals surface area contributed by atoms with E-state index in [4.69, 9.17) is 4.74 Å². The molecule has 0 aliphatic rings. The Balaban J connectivity index is 1.84. The molecule has 0 radical (unpaired) electrons. The highest BCUT2D eigenvalue weighted by atomic mass is 32.2. The third-order valence-corrected chi connectivity index (χ3v) is 7.00. The monoisotopic (exact) mass is 495 g/mol. The number of hydrogen-bond donors (Lipinski definition) is 2. The molecular formula is C26H29N3O5S. The topological polar surface area (TPSA) is 105 Å². The molecule has 0 spiro atoms. The van der Waals surface area contributed by atoms with Crippen LogP contribution in [-0.2, 0) is 21.4 Å². The molecule has 0 aliphatic heterocycles. The highest BCUT2D eigenvalue weighted by Gasteiger charge is 2.23. The van der Waals surface area contributed by atoms with E-state index in [1.165, 1.54) is 18.3 Å². The second-order valence-corrected chi connectivity index (χ2v) is 10.1. The van der Waals surface area contributed by atoms with E-state index in [0.29, 0.717) is 34.9 Å². The summed E-state index contributed by atoms with van der Waals surface area (Å²) in [5.74, 6) is -0.0877. The van der Waals surface area contributed by atoms with Crippen LogP contribution in [0, 0.1) is 6.92 Å². The predicted molar refractivity (Wildman–Crippen MR) is 136 cm³/mol. The van der Waals surface area contributed by atoms with Gasteiger partial charge >= 0.3 is 0 Å². The number of nitrogens with one attached hydrogen (secondary N) is 2. The minimum absolute atomic E-state index is 0.0185. The molecular weight excluding hydrogens is 466 g/mol. The Bertz CT molecular complexity index is 1320. The highest BCUT2D eigenvalue weighted by Crippen LogP contribution is 2.25. The van der Waals surface area contributed by atoms with E-state index in [-0.39, 0.29) is 23.3 Å². The number of nitrogens with zero attached hydrogens (tertiary/aromatic N) is 1. The molecule has 0 heterocycles. The van der Waals surface area contributed by atoms with Crippen molar-refractivity contribution < 1.29 is 22.7 Å². The number of sulfonamides is 1. The van der Waals surface area contributed by atoms with Crippen LogP contribution in [0.1, 0.15) is 35.3 Å². The van der Waals surface area contributed by atoms with Crippen molar-refractivity contribution in [3.05, 3.63) is 83.4 Å². The van der Waals surface area contributed by atoms with Crippen molar-refractivity contribution in [2.24, 2.45) is 0 Å². The van der Waals surface area contributed by atoms with Gasteiger partial charge in [-0.3, -0.25) is 9.59 Å². The van der Waals surface area contributed by atoms with Crippen LogP contribution >= 0.6 is 0 Å². The zero-order valence-corrected chi connectivity index (χ0v) is 21.0. The number of ether oxygens (including phenoxy) is 1. The van der Waals surface area contributed by atoms with Gasteiger partial charge in [-0.2, -0.15) is 4.31 Å². The average molecular weight is 496 g/mol. The lowest BCUT2D eigenvalue weighted by Crippen LogP contribution is -2.27. The number of carbonyl (C=O) groups is 2. The Labute approximate surface area is 206 Å². The number of carbonyl (C=O) groups excluding carboxylic acids is 2. The van der Waals surface area contributed by atoms with Crippen molar-refractivity contribution in [3.8, 4) is 5.75 Å². The summed E-state index contributed by atoms with van der Waals surface area (Å²) in [5.41, 5.74) is 2.94. The van der Waals surface area contributed by atoms with Gasteiger partial charge in [-0.15, -0.1) is 0 Å². The first-order chi connectivity index (χ1) is 16.6. The van der Waals surface area contributed by atoms with Gasteiger partial charge in [0, 0.05) is 43.0 Å². The van der Waals surface area contributed by atoms with E-state index in [9.17, 15) is 18.0 Å². The third-order valence-electron chi connectivity index (χ3n) is 5.19. The number of hydrogen-bond acceptors (Lipinski definition) is 5. The molecule has 0 aliphatic carbocycles. The molecule has 0 unspecified atom stereocenters. The van der Waals surface area contributed by atoms with E-state index < -0.39 is 10.0 Å². The number of benzene rings is 3. The highest BCUT2D eigenvalue weighted by molar-refractivity contribution is 7.89. The average Bonchev–Trinajstić information content (AvgIpc) is 2.80. The Hall–Kier alpha value is -3.69. The molecule has 2 N–H and O–H groups in total. The van der Waals surface area contributed by atoms with Crippen molar-refractivity contribution in [2.45, 2.75) is 32.2 Å². The molecule has 2 amide bonds. The molecule has 0 bridgehead atoms. The molecule has 184 valence electrons. The molecule has 0 saturated carbocycles. The van der Waals surface area contributed by atoms with Crippen LogP contribution in [0.4, 0.5) is 11.4 Å². The van der Waals surface area contributed by atoms with E-state index >= 15 is 0 Å². The largest absolute Gasteiger partial charge is 0.494 e. The van der Waals surface area contributed by atoms with E-state index in [0.717, 1.165) is 5.56 Å². The van der Waals surface area contributed by atoms with E-state index in [2.05, 4.69) is 10.6 Å². The number of aryl methyl sites for hydroxylation is 1. The summed E-state index contributed by atoms with van der Waals surface area (Å²) in [6, 6.07) is 18.3. The summed E-state index contributed by atoms with van der Waals surface area (Å²) in [4.78, 5) is 24.4. The summed E-state index contributed by atoms with van der Waals surface area (Å²) in [5, 5.41) is 5.47. The van der Waals surface area contributed by atoms with Gasteiger partial charge in [-0.05, 0) is 62.4 Å². The molecule has 0 atom stereocenters. The van der Waals surface area contributed by atoms with Crippen LogP contribution in [0.5, 0.6) is 5.75 Å². The summed E-state index contributed by atoms with van der Waals surface area (Å²) >= 11 is 0. The molecule has 35 heavy (non-hydrogen) atoms. The van der Waals surface area contributed by atoms with Gasteiger partial charge in [0.15, 0.2) is 0 Å². The third kappa shape index (κ3) is 6.68. The molecule has 0 aromatic heterocycles. The second-order valence-electron chi connectivity index (χ2n) is 8.05. The molecule has 3 rings (SSSR count). The van der Waals surface area contributed by atoms with Gasteiger partial charge in [0.25, 0.3) is 5.91 Å². The van der Waals surface area contributed by atoms with Gasteiger partial charge < -0.3 is 15.4 Å². The Morgan fingerprint density at radius 1 is 0.943 bits per heavy atom. The molecule has 0 fully saturated rings. The second kappa shape index (κ2) is 11.2. The first-order valence-corrected chi connectivity index (χ1v) is 12.5. The van der Waals surface area contributed by atoms with Crippen molar-refractivity contribution >= 4 is 33.2 Å². The van der Waals surface area contributed by atoms with Crippen LogP contribution in [0.15, 0.2) is 71.6 Å². The van der Waals surface area contributed by atoms with Crippen molar-refractivity contribution in [2.75, 3.05) is 24.3 Å². The first-order valence-electron chi connectivity index (χ1n) is 11.1. The Kier molecular flexibility index (Phi) is 8.26. The van der Waals surface area contributed by atoms with Crippen LogP contribution in [-0.4, -0.2) is 38.2 Å². The zero-order valence-electron chi connectivity index (χ0n) is 20.2. The standard InChI is InChI=1S/C26H29N3O5S/c1-5-34-25-14-11-20(26(31)28-23-8-6-7-22(16-23)27-19(3)30)15-21(25)17-29(4)35(32,33)24-12-9-18(2)10-13-24/h6-16H,5,17H2,1-4H3,(H,27,30)(H,28,31). The minimum atomic E-state index is -3.74. The summed E-state index contributed by atoms with van der Waals surface area (Å²) < 4.78 is 33.0. The molecule has 3 aromatic carbocycles. The van der Waals surface area contributed by atoms with Gasteiger partial charge in [0.1, 0.15) is 5.75 Å². The van der Waals surface area contributed by atoms with Crippen LogP contribution in [0.2, 0.25) is 0 Å². The quantitative estimate of drug-likeness (QED) is 0.457. The fraction of sp³-hybridized carbons (Fsp3) is 0.231. The summed E-state index contributed by atoms with van der Waals surface area (Å²) in [7, 11) is -2.25. The minimum Gasteiger partial charge on any atom is -0.494 e. The Morgan fingerprint density at radius 3 is 2.23 bits per heavy atom. The number of amides is 2. The molecule has 8 nitrogen and oxygen atoms in total. The molecule has 9 heteroatoms. The van der Waals surface area contributed by atoms with Crippen molar-refractivity contribution in [3.63, 3.8) is 0 Å². The van der Waals surface area contributed by atoms with E-state index in [1.807, 2.05) is 13.8 Å². The number of anilines is 2. The zero-order chi connectivity index (χ0) is 25.6. The van der Waals surface area contributed by atoms with Gasteiger partial charge in [-0.1, -0.05) is 23.8 Å². The van der Waals surface area contributed by atoms with Crippen LogP contribution in [0.3, 0.4) is 0 Å². The molecule has 0 saturated heterocycles. The summed E-state index contributed by atoms with van der Waals surface area (Å²) in [6.07, 6.45) is 0.